The maximum atomic E-state index is 12.1. The highest BCUT2D eigenvalue weighted by Gasteiger charge is 2.14. The van der Waals surface area contributed by atoms with Gasteiger partial charge < -0.3 is 5.32 Å². The number of amides is 1. The zero-order chi connectivity index (χ0) is 15.3. The van der Waals surface area contributed by atoms with Crippen molar-refractivity contribution in [3.05, 3.63) is 59.2 Å². The van der Waals surface area contributed by atoms with Crippen LogP contribution in [0.1, 0.15) is 56.0 Å². The predicted octanol–water partition coefficient (Wildman–Crippen LogP) is 4.38. The van der Waals surface area contributed by atoms with E-state index in [4.69, 9.17) is 0 Å². The van der Waals surface area contributed by atoms with Crippen molar-refractivity contribution < 1.29 is 4.79 Å². The Kier molecular flexibility index (Phi) is 5.00. The molecule has 0 saturated heterocycles. The third-order valence-corrected chi connectivity index (χ3v) is 3.78. The monoisotopic (exact) mass is 283 g/mol. The molecule has 0 aromatic heterocycles. The summed E-state index contributed by atoms with van der Waals surface area (Å²) >= 11 is 0. The molecule has 2 heteroatoms. The molecule has 0 radical (unpaired) electrons. The minimum Gasteiger partial charge on any atom is -0.352 e. The average molecular weight is 283 g/mol. The summed E-state index contributed by atoms with van der Waals surface area (Å²) in [5.74, 6) is 0.0100. The minimum atomic E-state index is 0.0100. The van der Waals surface area contributed by atoms with E-state index in [2.05, 4.69) is 44.3 Å². The number of carbonyl (C=O) groups is 1. The van der Waals surface area contributed by atoms with Gasteiger partial charge in [0.25, 0.3) is 5.91 Å². The summed E-state index contributed by atoms with van der Waals surface area (Å²) in [6.07, 6.45) is 9.77. The third kappa shape index (κ3) is 4.59. The Morgan fingerprint density at radius 1 is 1.14 bits per heavy atom. The van der Waals surface area contributed by atoms with Crippen molar-refractivity contribution in [3.63, 3.8) is 0 Å². The van der Waals surface area contributed by atoms with E-state index in [0.29, 0.717) is 6.54 Å². The van der Waals surface area contributed by atoms with E-state index in [0.717, 1.165) is 24.8 Å². The van der Waals surface area contributed by atoms with Crippen LogP contribution in [0, 0.1) is 0 Å². The molecule has 21 heavy (non-hydrogen) atoms. The third-order valence-electron chi connectivity index (χ3n) is 3.78. The van der Waals surface area contributed by atoms with Crippen LogP contribution in [0.25, 0.3) is 0 Å². The molecule has 1 aromatic rings. The number of nitrogens with one attached hydrogen (secondary N) is 1. The van der Waals surface area contributed by atoms with Crippen LogP contribution in [-0.2, 0) is 5.41 Å². The van der Waals surface area contributed by atoms with Crippen LogP contribution in [0.2, 0.25) is 0 Å². The summed E-state index contributed by atoms with van der Waals surface area (Å²) in [6.45, 7) is 7.21. The fourth-order valence-electron chi connectivity index (χ4n) is 2.40. The summed E-state index contributed by atoms with van der Waals surface area (Å²) in [4.78, 5) is 12.1. The van der Waals surface area contributed by atoms with Crippen LogP contribution in [0.15, 0.2) is 48.1 Å². The molecule has 0 spiro atoms. The van der Waals surface area contributed by atoms with Crippen LogP contribution < -0.4 is 5.32 Å². The van der Waals surface area contributed by atoms with Crippen molar-refractivity contribution in [2.45, 2.75) is 45.4 Å². The highest BCUT2D eigenvalue weighted by molar-refractivity contribution is 5.94. The molecule has 0 bridgehead atoms. The SMILES string of the molecule is CC(C)(C)c1ccc(C(=O)NCCC2=CCCC=C2)cc1. The first-order chi connectivity index (χ1) is 9.97. The maximum Gasteiger partial charge on any atom is 0.251 e. The van der Waals surface area contributed by atoms with E-state index in [1.807, 2.05) is 24.3 Å². The summed E-state index contributed by atoms with van der Waals surface area (Å²) in [6, 6.07) is 7.91. The van der Waals surface area contributed by atoms with Crippen LogP contribution in [0.5, 0.6) is 0 Å². The first-order valence-corrected chi connectivity index (χ1v) is 7.71. The van der Waals surface area contributed by atoms with Gasteiger partial charge in [-0.05, 0) is 42.4 Å². The molecule has 0 atom stereocenters. The van der Waals surface area contributed by atoms with Gasteiger partial charge in [-0.2, -0.15) is 0 Å². The largest absolute Gasteiger partial charge is 0.352 e. The Labute approximate surface area is 128 Å². The zero-order valence-electron chi connectivity index (χ0n) is 13.3. The summed E-state index contributed by atoms with van der Waals surface area (Å²) in [7, 11) is 0. The van der Waals surface area contributed by atoms with Gasteiger partial charge in [-0.3, -0.25) is 4.79 Å². The summed E-state index contributed by atoms with van der Waals surface area (Å²) in [5.41, 5.74) is 3.42. The molecule has 112 valence electrons. The van der Waals surface area contributed by atoms with E-state index in [9.17, 15) is 4.79 Å². The number of carbonyl (C=O) groups excluding carboxylic acids is 1. The Balaban J connectivity index is 1.86. The molecule has 1 amide bonds. The van der Waals surface area contributed by atoms with Crippen molar-refractivity contribution in [1.82, 2.24) is 5.32 Å². The number of hydrogen-bond donors (Lipinski definition) is 1. The average Bonchev–Trinajstić information content (AvgIpc) is 2.47. The molecule has 2 rings (SSSR count). The van der Waals surface area contributed by atoms with Crippen molar-refractivity contribution in [1.29, 1.82) is 0 Å². The van der Waals surface area contributed by atoms with Crippen molar-refractivity contribution >= 4 is 5.91 Å². The van der Waals surface area contributed by atoms with Gasteiger partial charge >= 0.3 is 0 Å². The molecule has 0 aliphatic heterocycles. The molecule has 0 fully saturated rings. The van der Waals surface area contributed by atoms with Crippen LogP contribution in [-0.4, -0.2) is 12.5 Å². The normalized spacial score (nSPS) is 14.7. The van der Waals surface area contributed by atoms with Gasteiger partial charge in [-0.25, -0.2) is 0 Å². The zero-order valence-corrected chi connectivity index (χ0v) is 13.3. The molecule has 1 N–H and O–H groups in total. The van der Waals surface area contributed by atoms with Crippen molar-refractivity contribution in [2.75, 3.05) is 6.54 Å². The molecular formula is C19H25NO. The number of hydrogen-bond acceptors (Lipinski definition) is 1. The van der Waals surface area contributed by atoms with Crippen LogP contribution >= 0.6 is 0 Å². The summed E-state index contributed by atoms with van der Waals surface area (Å²) < 4.78 is 0. The van der Waals surface area contributed by atoms with Crippen LogP contribution in [0.4, 0.5) is 0 Å². The van der Waals surface area contributed by atoms with E-state index >= 15 is 0 Å². The first-order valence-electron chi connectivity index (χ1n) is 7.71. The Hall–Kier alpha value is -1.83. The van der Waals surface area contributed by atoms with Gasteiger partial charge in [0.1, 0.15) is 0 Å². The molecule has 0 saturated carbocycles. The second-order valence-electron chi connectivity index (χ2n) is 6.59. The lowest BCUT2D eigenvalue weighted by molar-refractivity contribution is 0.0954. The smallest absolute Gasteiger partial charge is 0.251 e. The van der Waals surface area contributed by atoms with Crippen molar-refractivity contribution in [3.8, 4) is 0 Å². The second-order valence-corrected chi connectivity index (χ2v) is 6.59. The quantitative estimate of drug-likeness (QED) is 0.873. The summed E-state index contributed by atoms with van der Waals surface area (Å²) in [5, 5.41) is 2.99. The minimum absolute atomic E-state index is 0.0100. The number of benzene rings is 1. The number of rotatable bonds is 4. The van der Waals surface area contributed by atoms with Crippen molar-refractivity contribution in [2.24, 2.45) is 0 Å². The van der Waals surface area contributed by atoms with E-state index in [-0.39, 0.29) is 11.3 Å². The Morgan fingerprint density at radius 2 is 1.86 bits per heavy atom. The fourth-order valence-corrected chi connectivity index (χ4v) is 2.40. The van der Waals surface area contributed by atoms with Gasteiger partial charge in [0, 0.05) is 12.1 Å². The van der Waals surface area contributed by atoms with Gasteiger partial charge in [0.2, 0.25) is 0 Å². The van der Waals surface area contributed by atoms with Gasteiger partial charge in [-0.15, -0.1) is 0 Å². The lowest BCUT2D eigenvalue weighted by Gasteiger charge is -2.19. The molecule has 0 unspecified atom stereocenters. The molecule has 1 aliphatic carbocycles. The maximum absolute atomic E-state index is 12.1. The highest BCUT2D eigenvalue weighted by atomic mass is 16.1. The van der Waals surface area contributed by atoms with E-state index in [1.54, 1.807) is 0 Å². The van der Waals surface area contributed by atoms with Gasteiger partial charge in [0.05, 0.1) is 0 Å². The van der Waals surface area contributed by atoms with Gasteiger partial charge in [0.15, 0.2) is 0 Å². The lowest BCUT2D eigenvalue weighted by atomic mass is 9.87. The van der Waals surface area contributed by atoms with E-state index in [1.165, 1.54) is 11.1 Å². The molecule has 1 aliphatic rings. The fraction of sp³-hybridized carbons (Fsp3) is 0.421. The molecular weight excluding hydrogens is 258 g/mol. The topological polar surface area (TPSA) is 29.1 Å². The molecule has 0 heterocycles. The van der Waals surface area contributed by atoms with Gasteiger partial charge in [-0.1, -0.05) is 56.7 Å². The Bertz CT molecular complexity index is 544. The van der Waals surface area contributed by atoms with E-state index < -0.39 is 0 Å². The van der Waals surface area contributed by atoms with Crippen LogP contribution in [0.3, 0.4) is 0 Å². The first kappa shape index (κ1) is 15.6. The Morgan fingerprint density at radius 3 is 2.43 bits per heavy atom. The molecule has 1 aromatic carbocycles. The highest BCUT2D eigenvalue weighted by Crippen LogP contribution is 2.22. The second kappa shape index (κ2) is 6.75. The standard InChI is InChI=1S/C19H25NO/c1-19(2,3)17-11-9-16(10-12-17)18(21)20-14-13-15-7-5-4-6-8-15/h5,7-12H,4,6,13-14H2,1-3H3,(H,20,21). The predicted molar refractivity (Wildman–Crippen MR) is 88.5 cm³/mol. The molecule has 2 nitrogen and oxygen atoms in total. The number of allylic oxidation sites excluding steroid dienone is 3. The lowest BCUT2D eigenvalue weighted by Crippen LogP contribution is -2.24.